The van der Waals surface area contributed by atoms with Crippen molar-refractivity contribution in [3.05, 3.63) is 62.6 Å². The molecule has 0 aliphatic heterocycles. The number of pyridine rings is 1. The Morgan fingerprint density at radius 3 is 2.57 bits per heavy atom. The molecule has 0 unspecified atom stereocenters. The van der Waals surface area contributed by atoms with Crippen LogP contribution in [0.3, 0.4) is 0 Å². The first kappa shape index (κ1) is 16.5. The minimum atomic E-state index is -0.443. The summed E-state index contributed by atoms with van der Waals surface area (Å²) in [7, 11) is 0. The summed E-state index contributed by atoms with van der Waals surface area (Å²) in [6, 6.07) is 7.51. The summed E-state index contributed by atoms with van der Waals surface area (Å²) < 4.78 is 14.0. The van der Waals surface area contributed by atoms with Crippen molar-refractivity contribution in [2.75, 3.05) is 0 Å². The molecule has 1 heterocycles. The number of hydrogen-bond donors (Lipinski definition) is 0. The normalized spacial score (nSPS) is 13.9. The van der Waals surface area contributed by atoms with Crippen LogP contribution >= 0.6 is 34.8 Å². The summed E-state index contributed by atoms with van der Waals surface area (Å²) in [5.41, 5.74) is 0.353. The molecule has 0 atom stereocenters. The van der Waals surface area contributed by atoms with E-state index in [1.165, 1.54) is 24.3 Å². The van der Waals surface area contributed by atoms with E-state index < -0.39 is 5.82 Å². The van der Waals surface area contributed by atoms with Crippen LogP contribution in [-0.4, -0.2) is 21.8 Å². The fraction of sp³-hybridized carbons (Fsp3) is 0.250. The van der Waals surface area contributed by atoms with Gasteiger partial charge in [-0.05, 0) is 37.1 Å². The average Bonchev–Trinajstić information content (AvgIpc) is 3.33. The fourth-order valence-corrected chi connectivity index (χ4v) is 2.87. The van der Waals surface area contributed by atoms with E-state index in [-0.39, 0.29) is 44.9 Å². The lowest BCUT2D eigenvalue weighted by molar-refractivity contribution is 0.0722. The largest absolute Gasteiger partial charge is 0.330 e. The third-order valence-corrected chi connectivity index (χ3v) is 4.52. The predicted molar refractivity (Wildman–Crippen MR) is 88.6 cm³/mol. The third-order valence-electron chi connectivity index (χ3n) is 3.65. The molecule has 0 saturated heterocycles. The van der Waals surface area contributed by atoms with E-state index in [0.29, 0.717) is 0 Å². The van der Waals surface area contributed by atoms with E-state index in [1.54, 1.807) is 11.0 Å². The van der Waals surface area contributed by atoms with Gasteiger partial charge in [-0.1, -0.05) is 40.9 Å². The second-order valence-corrected chi connectivity index (χ2v) is 6.53. The Balaban J connectivity index is 1.93. The van der Waals surface area contributed by atoms with Gasteiger partial charge < -0.3 is 4.90 Å². The highest BCUT2D eigenvalue weighted by atomic mass is 35.5. The Bertz CT molecular complexity index is 745. The summed E-state index contributed by atoms with van der Waals surface area (Å²) in [6.45, 7) is 0.0690. The average molecular weight is 374 g/mol. The number of aromatic nitrogens is 1. The molecular formula is C16H12Cl3FN2O. The number of rotatable bonds is 4. The number of carbonyl (C=O) groups excluding carboxylic acids is 1. The van der Waals surface area contributed by atoms with Crippen LogP contribution in [0.5, 0.6) is 0 Å². The van der Waals surface area contributed by atoms with Crippen LogP contribution in [0.4, 0.5) is 4.39 Å². The van der Waals surface area contributed by atoms with E-state index in [2.05, 4.69) is 4.98 Å². The molecule has 1 aromatic heterocycles. The molecule has 1 saturated carbocycles. The van der Waals surface area contributed by atoms with Crippen molar-refractivity contribution < 1.29 is 9.18 Å². The first-order valence-electron chi connectivity index (χ1n) is 7.03. The number of carbonyl (C=O) groups is 1. The third kappa shape index (κ3) is 3.60. The minimum Gasteiger partial charge on any atom is -0.330 e. The van der Waals surface area contributed by atoms with Crippen LogP contribution in [0.15, 0.2) is 30.3 Å². The molecule has 2 aromatic rings. The van der Waals surface area contributed by atoms with E-state index in [1.807, 2.05) is 0 Å². The van der Waals surface area contributed by atoms with Gasteiger partial charge in [-0.15, -0.1) is 0 Å². The number of halogens is 4. The second kappa shape index (κ2) is 6.63. The molecule has 3 nitrogen and oxygen atoms in total. The molecule has 1 fully saturated rings. The maximum Gasteiger partial charge on any atom is 0.274 e. The topological polar surface area (TPSA) is 33.2 Å². The zero-order valence-electron chi connectivity index (χ0n) is 11.9. The Kier molecular flexibility index (Phi) is 4.76. The van der Waals surface area contributed by atoms with Crippen LogP contribution < -0.4 is 0 Å². The maximum absolute atomic E-state index is 14.0. The van der Waals surface area contributed by atoms with Crippen molar-refractivity contribution in [1.29, 1.82) is 0 Å². The summed E-state index contributed by atoms with van der Waals surface area (Å²) >= 11 is 18.0. The van der Waals surface area contributed by atoms with Crippen LogP contribution in [0.2, 0.25) is 15.2 Å². The van der Waals surface area contributed by atoms with Gasteiger partial charge >= 0.3 is 0 Å². The summed E-state index contributed by atoms with van der Waals surface area (Å²) in [4.78, 5) is 18.3. The van der Waals surface area contributed by atoms with Crippen LogP contribution in [0.25, 0.3) is 0 Å². The Morgan fingerprint density at radius 2 is 1.91 bits per heavy atom. The molecule has 1 aromatic carbocycles. The van der Waals surface area contributed by atoms with Gasteiger partial charge in [0.1, 0.15) is 16.7 Å². The van der Waals surface area contributed by atoms with Crippen LogP contribution in [0, 0.1) is 5.82 Å². The van der Waals surface area contributed by atoms with E-state index in [0.717, 1.165) is 12.8 Å². The number of amides is 1. The van der Waals surface area contributed by atoms with Crippen molar-refractivity contribution in [3.8, 4) is 0 Å². The highest BCUT2D eigenvalue weighted by Crippen LogP contribution is 2.32. The monoisotopic (exact) mass is 372 g/mol. The van der Waals surface area contributed by atoms with Crippen molar-refractivity contribution in [1.82, 2.24) is 9.88 Å². The van der Waals surface area contributed by atoms with Gasteiger partial charge in [0, 0.05) is 16.6 Å². The second-order valence-electron chi connectivity index (χ2n) is 5.33. The highest BCUT2D eigenvalue weighted by molar-refractivity contribution is 6.34. The zero-order valence-corrected chi connectivity index (χ0v) is 14.2. The zero-order chi connectivity index (χ0) is 16.6. The summed E-state index contributed by atoms with van der Waals surface area (Å²) in [5, 5.41) is 0.677. The summed E-state index contributed by atoms with van der Waals surface area (Å²) in [6.07, 6.45) is 1.71. The molecule has 1 amide bonds. The molecule has 3 rings (SSSR count). The van der Waals surface area contributed by atoms with Gasteiger partial charge in [0.25, 0.3) is 5.91 Å². The lowest BCUT2D eigenvalue weighted by Crippen LogP contribution is -2.33. The van der Waals surface area contributed by atoms with E-state index >= 15 is 0 Å². The number of nitrogens with zero attached hydrogens (tertiary/aromatic N) is 2. The number of hydrogen-bond acceptors (Lipinski definition) is 2. The minimum absolute atomic E-state index is 0.0371. The summed E-state index contributed by atoms with van der Waals surface area (Å²) in [5.74, 6) is -0.819. The van der Waals surface area contributed by atoms with E-state index in [9.17, 15) is 9.18 Å². The van der Waals surface area contributed by atoms with Crippen LogP contribution in [0.1, 0.15) is 28.9 Å². The van der Waals surface area contributed by atoms with Gasteiger partial charge in [-0.3, -0.25) is 4.79 Å². The Labute approximate surface area is 148 Å². The first-order valence-corrected chi connectivity index (χ1v) is 8.16. The molecular weight excluding hydrogens is 362 g/mol. The Hall–Kier alpha value is -1.36. The van der Waals surface area contributed by atoms with Gasteiger partial charge in [0.05, 0.1) is 11.6 Å². The van der Waals surface area contributed by atoms with Gasteiger partial charge in [-0.25, -0.2) is 9.37 Å². The fourth-order valence-electron chi connectivity index (χ4n) is 2.31. The molecule has 1 aliphatic rings. The van der Waals surface area contributed by atoms with Crippen molar-refractivity contribution in [3.63, 3.8) is 0 Å². The van der Waals surface area contributed by atoms with Crippen LogP contribution in [-0.2, 0) is 6.54 Å². The standard InChI is InChI=1S/C16H12Cl3FN2O/c17-11-2-1-3-13(20)10(11)8-22(9-4-5-9)16(23)15-12(18)6-7-14(19)21-15/h1-3,6-7,9H,4-5,8H2. The lowest BCUT2D eigenvalue weighted by Gasteiger charge is -2.23. The SMILES string of the molecule is O=C(c1nc(Cl)ccc1Cl)N(Cc1c(F)cccc1Cl)C1CC1. The van der Waals surface area contributed by atoms with Gasteiger partial charge in [0.2, 0.25) is 0 Å². The molecule has 1 aliphatic carbocycles. The van der Waals surface area contributed by atoms with Crippen molar-refractivity contribution in [2.24, 2.45) is 0 Å². The van der Waals surface area contributed by atoms with Crippen molar-refractivity contribution in [2.45, 2.75) is 25.4 Å². The maximum atomic E-state index is 14.0. The molecule has 0 N–H and O–H groups in total. The molecule has 0 radical (unpaired) electrons. The quantitative estimate of drug-likeness (QED) is 0.708. The molecule has 120 valence electrons. The van der Waals surface area contributed by atoms with Crippen molar-refractivity contribution >= 4 is 40.7 Å². The van der Waals surface area contributed by atoms with E-state index in [4.69, 9.17) is 34.8 Å². The first-order chi connectivity index (χ1) is 11.0. The Morgan fingerprint density at radius 1 is 1.17 bits per heavy atom. The highest BCUT2D eigenvalue weighted by Gasteiger charge is 2.35. The molecule has 0 bridgehead atoms. The molecule has 23 heavy (non-hydrogen) atoms. The predicted octanol–water partition coefficient (Wildman–Crippen LogP) is 4.99. The van der Waals surface area contributed by atoms with Gasteiger partial charge in [-0.2, -0.15) is 0 Å². The molecule has 7 heteroatoms. The number of benzene rings is 1. The molecule has 0 spiro atoms. The smallest absolute Gasteiger partial charge is 0.274 e. The lowest BCUT2D eigenvalue weighted by atomic mass is 10.2. The van der Waals surface area contributed by atoms with Gasteiger partial charge in [0.15, 0.2) is 0 Å².